The van der Waals surface area contributed by atoms with Gasteiger partial charge in [-0.3, -0.25) is 0 Å². The first kappa shape index (κ1) is 11.3. The molecule has 0 atom stereocenters. The number of aryl methyl sites for hydroxylation is 1. The first-order valence-electron chi connectivity index (χ1n) is 5.02. The number of hydrogen-bond donors (Lipinski definition) is 0. The van der Waals surface area contributed by atoms with Crippen molar-refractivity contribution in [1.29, 1.82) is 0 Å². The Kier molecular flexibility index (Phi) is 4.96. The summed E-state index contributed by atoms with van der Waals surface area (Å²) in [4.78, 5) is 0. The molecule has 15 heavy (non-hydrogen) atoms. The Morgan fingerprint density at radius 3 is 1.60 bits per heavy atom. The molecule has 0 aliphatic heterocycles. The van der Waals surface area contributed by atoms with E-state index in [1.54, 1.807) is 0 Å². The van der Waals surface area contributed by atoms with Crippen molar-refractivity contribution >= 4 is 6.08 Å². The van der Waals surface area contributed by atoms with Gasteiger partial charge >= 0.3 is 1.43 Å². The average Bonchev–Trinajstić information content (AvgIpc) is 2.32. The van der Waals surface area contributed by atoms with Gasteiger partial charge in [0.05, 0.1) is 0 Å². The first-order chi connectivity index (χ1) is 7.33. The molecule has 76 valence electrons. The molecule has 0 bridgehead atoms. The minimum Gasteiger partial charge on any atom is -0.0985 e. The van der Waals surface area contributed by atoms with Crippen LogP contribution in [0.15, 0.2) is 67.2 Å². The second kappa shape index (κ2) is 6.61. The summed E-state index contributed by atoms with van der Waals surface area (Å²) in [6.45, 7) is 5.71. The van der Waals surface area contributed by atoms with Crippen LogP contribution in [0.5, 0.6) is 0 Å². The van der Waals surface area contributed by atoms with Gasteiger partial charge in [-0.1, -0.05) is 78.9 Å². The Bertz CT molecular complexity index is 379. The lowest BCUT2D eigenvalue weighted by molar-refractivity contribution is 1.48. The second-order valence-electron chi connectivity index (χ2n) is 3.27. The molecule has 0 amide bonds. The van der Waals surface area contributed by atoms with Crippen LogP contribution in [-0.2, 0) is 0 Å². The monoisotopic (exact) mass is 197 g/mol. The van der Waals surface area contributed by atoms with Crippen LogP contribution in [0.3, 0.4) is 0 Å². The molecule has 0 nitrogen and oxygen atoms in total. The van der Waals surface area contributed by atoms with E-state index in [0.29, 0.717) is 0 Å². The highest BCUT2D eigenvalue weighted by Crippen LogP contribution is 1.97. The van der Waals surface area contributed by atoms with Crippen molar-refractivity contribution < 1.29 is 1.43 Å². The van der Waals surface area contributed by atoms with Crippen LogP contribution in [0, 0.1) is 6.92 Å². The van der Waals surface area contributed by atoms with Crippen LogP contribution in [-0.4, -0.2) is 0 Å². The van der Waals surface area contributed by atoms with Gasteiger partial charge < -0.3 is 0 Å². The fourth-order valence-electron chi connectivity index (χ4n) is 1.12. The third-order valence-electron chi connectivity index (χ3n) is 1.98. The Balaban J connectivity index is 0.000000267. The van der Waals surface area contributed by atoms with Crippen LogP contribution >= 0.6 is 0 Å². The number of benzene rings is 2. The molecule has 0 heteroatoms. The van der Waals surface area contributed by atoms with E-state index in [9.17, 15) is 0 Å². The van der Waals surface area contributed by atoms with Gasteiger partial charge in [-0.25, -0.2) is 0 Å². The summed E-state index contributed by atoms with van der Waals surface area (Å²) in [5.74, 6) is 0. The molecule has 2 rings (SSSR count). The van der Waals surface area contributed by atoms with Crippen molar-refractivity contribution in [3.05, 3.63) is 78.4 Å². The smallest absolute Gasteiger partial charge is 0.0985 e. The minimum atomic E-state index is 0. The summed E-state index contributed by atoms with van der Waals surface area (Å²) in [5, 5.41) is 0. The topological polar surface area (TPSA) is 0 Å². The first-order valence-corrected chi connectivity index (χ1v) is 5.02. The maximum Gasteiger partial charge on any atom is 1.00 e. The van der Waals surface area contributed by atoms with Crippen LogP contribution in [0.2, 0.25) is 0 Å². The van der Waals surface area contributed by atoms with E-state index in [4.69, 9.17) is 0 Å². The van der Waals surface area contributed by atoms with Gasteiger partial charge in [-0.05, 0) is 12.5 Å². The lowest BCUT2D eigenvalue weighted by atomic mass is 10.2. The van der Waals surface area contributed by atoms with Gasteiger partial charge in [0.2, 0.25) is 0 Å². The van der Waals surface area contributed by atoms with Gasteiger partial charge in [0.15, 0.2) is 0 Å². The highest BCUT2D eigenvalue weighted by Gasteiger charge is 1.75. The third-order valence-corrected chi connectivity index (χ3v) is 1.98. The van der Waals surface area contributed by atoms with Crippen molar-refractivity contribution in [3.8, 4) is 0 Å². The standard InChI is InChI=1S/C8H8.C7H8/c1-2-8-6-4-3-5-7-8;1-7-5-3-2-4-6-7/h2-7H,1H2;2-6H,1H3/p+1. The molecule has 0 saturated heterocycles. The van der Waals surface area contributed by atoms with Crippen molar-refractivity contribution in [1.82, 2.24) is 0 Å². The molecule has 0 saturated carbocycles. The Labute approximate surface area is 93.4 Å². The summed E-state index contributed by atoms with van der Waals surface area (Å²) in [5.41, 5.74) is 2.50. The van der Waals surface area contributed by atoms with Gasteiger partial charge in [-0.2, -0.15) is 0 Å². The van der Waals surface area contributed by atoms with Crippen molar-refractivity contribution in [3.63, 3.8) is 0 Å². The van der Waals surface area contributed by atoms with E-state index in [0.717, 1.165) is 0 Å². The number of rotatable bonds is 1. The molecule has 0 aliphatic carbocycles. The second-order valence-corrected chi connectivity index (χ2v) is 3.27. The minimum absolute atomic E-state index is 0. The lowest BCUT2D eigenvalue weighted by Crippen LogP contribution is -1.63. The SMILES string of the molecule is C=Cc1ccccc1.Cc1ccccc1.[H+]. The van der Waals surface area contributed by atoms with Crippen molar-refractivity contribution in [2.75, 3.05) is 0 Å². The van der Waals surface area contributed by atoms with Gasteiger partial charge in [-0.15, -0.1) is 0 Å². The molecule has 0 unspecified atom stereocenters. The molecule has 0 N–H and O–H groups in total. The predicted molar refractivity (Wildman–Crippen MR) is 68.8 cm³/mol. The summed E-state index contributed by atoms with van der Waals surface area (Å²) >= 11 is 0. The summed E-state index contributed by atoms with van der Waals surface area (Å²) in [6.07, 6.45) is 1.83. The van der Waals surface area contributed by atoms with E-state index in [2.05, 4.69) is 25.6 Å². The lowest BCUT2D eigenvalue weighted by Gasteiger charge is -1.85. The predicted octanol–water partition coefficient (Wildman–Crippen LogP) is 4.44. The molecule has 0 spiro atoms. The van der Waals surface area contributed by atoms with E-state index in [1.807, 2.05) is 54.6 Å². The molecule has 2 aromatic rings. The molecular weight excluding hydrogens is 180 g/mol. The van der Waals surface area contributed by atoms with Crippen LogP contribution < -0.4 is 0 Å². The normalized spacial score (nSPS) is 8.60. The maximum atomic E-state index is 3.63. The zero-order valence-electron chi connectivity index (χ0n) is 10.1. The fourth-order valence-corrected chi connectivity index (χ4v) is 1.12. The van der Waals surface area contributed by atoms with Gasteiger partial charge in [0, 0.05) is 0 Å². The molecular formula is C15H17+. The molecule has 0 radical (unpaired) electrons. The van der Waals surface area contributed by atoms with Gasteiger partial charge in [0.1, 0.15) is 0 Å². The van der Waals surface area contributed by atoms with Crippen LogP contribution in [0.25, 0.3) is 6.08 Å². The third kappa shape index (κ3) is 4.82. The largest absolute Gasteiger partial charge is 1.00 e. The molecule has 0 aliphatic rings. The van der Waals surface area contributed by atoms with Gasteiger partial charge in [0.25, 0.3) is 0 Å². The Morgan fingerprint density at radius 1 is 0.867 bits per heavy atom. The average molecular weight is 197 g/mol. The number of hydrogen-bond acceptors (Lipinski definition) is 0. The molecule has 0 heterocycles. The van der Waals surface area contributed by atoms with Crippen molar-refractivity contribution in [2.45, 2.75) is 6.92 Å². The molecule has 0 aromatic heterocycles. The Morgan fingerprint density at radius 2 is 1.33 bits per heavy atom. The quantitative estimate of drug-likeness (QED) is 0.634. The van der Waals surface area contributed by atoms with E-state index < -0.39 is 0 Å². The van der Waals surface area contributed by atoms with E-state index >= 15 is 0 Å². The van der Waals surface area contributed by atoms with E-state index in [-0.39, 0.29) is 1.43 Å². The zero-order valence-corrected chi connectivity index (χ0v) is 9.06. The summed E-state index contributed by atoms with van der Waals surface area (Å²) < 4.78 is 0. The maximum absolute atomic E-state index is 3.63. The Hall–Kier alpha value is -1.82. The fraction of sp³-hybridized carbons (Fsp3) is 0.0667. The molecule has 2 aromatic carbocycles. The highest BCUT2D eigenvalue weighted by atomic mass is 13.8. The highest BCUT2D eigenvalue weighted by molar-refractivity contribution is 5.45. The zero-order chi connectivity index (χ0) is 10.9. The summed E-state index contributed by atoms with van der Waals surface area (Å²) in [6, 6.07) is 20.3. The van der Waals surface area contributed by atoms with E-state index in [1.165, 1.54) is 11.1 Å². The van der Waals surface area contributed by atoms with Crippen molar-refractivity contribution in [2.24, 2.45) is 0 Å². The van der Waals surface area contributed by atoms with Crippen LogP contribution in [0.1, 0.15) is 12.6 Å². The molecule has 0 fully saturated rings. The summed E-state index contributed by atoms with van der Waals surface area (Å²) in [7, 11) is 0. The van der Waals surface area contributed by atoms with Crippen LogP contribution in [0.4, 0.5) is 0 Å².